The first kappa shape index (κ1) is 12.4. The Morgan fingerprint density at radius 1 is 1.18 bits per heavy atom. The quantitative estimate of drug-likeness (QED) is 0.721. The molecule has 0 saturated heterocycles. The van der Waals surface area contributed by atoms with Crippen molar-refractivity contribution < 1.29 is 26.4 Å². The van der Waals surface area contributed by atoms with Gasteiger partial charge in [-0.25, -0.2) is 0 Å². The number of halogens is 3. The van der Waals surface area contributed by atoms with E-state index >= 15 is 0 Å². The van der Waals surface area contributed by atoms with Gasteiger partial charge in [0, 0.05) is 0 Å². The Hall–Kier alpha value is -1.05. The van der Waals surface area contributed by atoms with Gasteiger partial charge in [0.05, 0.1) is 0 Å². The second-order valence-electron chi connectivity index (χ2n) is 3.07. The topological polar surface area (TPSA) is 54.5 Å². The maximum absolute atomic E-state index is 12.2. The first-order valence-electron chi connectivity index (χ1n) is 4.18. The van der Waals surface area contributed by atoms with Crippen LogP contribution in [0.5, 0.6) is 0 Å². The number of amides is 1. The molecule has 0 aliphatic carbocycles. The molecule has 0 unspecified atom stereocenters. The molecule has 0 saturated carbocycles. The zero-order chi connectivity index (χ0) is 12.8. The SMILES string of the molecule is O=C1c2ccccc2S(=O)(=O)N1[Se]C(F)(F)F. The third kappa shape index (κ3) is 2.05. The van der Waals surface area contributed by atoms with Crippen molar-refractivity contribution in [2.45, 2.75) is 9.97 Å². The molecule has 1 heterocycles. The molecule has 1 aromatic carbocycles. The Kier molecular flexibility index (Phi) is 2.72. The van der Waals surface area contributed by atoms with Crippen LogP contribution in [0.2, 0.25) is 0 Å². The summed E-state index contributed by atoms with van der Waals surface area (Å²) in [4.78, 5) is 11.2. The standard InChI is InChI=1S/C8H4F3NO3SSe/c9-8(10,11)17-12-7(13)5-3-1-2-4-6(5)16(12,14)15/h1-4H. The molecule has 0 spiro atoms. The van der Waals surface area contributed by atoms with Gasteiger partial charge in [0.25, 0.3) is 0 Å². The van der Waals surface area contributed by atoms with Crippen molar-refractivity contribution >= 4 is 31.1 Å². The molecule has 1 aliphatic rings. The second-order valence-corrected chi connectivity index (χ2v) is 7.47. The number of carbonyl (C=O) groups is 1. The molecule has 1 amide bonds. The number of nitrogens with zero attached hydrogens (tertiary/aromatic N) is 1. The van der Waals surface area contributed by atoms with Gasteiger partial charge in [-0.05, 0) is 0 Å². The van der Waals surface area contributed by atoms with Crippen LogP contribution in [0.4, 0.5) is 13.2 Å². The molecule has 17 heavy (non-hydrogen) atoms. The number of hydrogen-bond donors (Lipinski definition) is 0. The molecular formula is C8H4F3NO3SSe. The number of benzene rings is 1. The second kappa shape index (κ2) is 3.72. The molecule has 1 aliphatic heterocycles. The van der Waals surface area contributed by atoms with E-state index in [0.29, 0.717) is 0 Å². The van der Waals surface area contributed by atoms with Gasteiger partial charge in [0.15, 0.2) is 0 Å². The Balaban J connectivity index is 2.52. The Bertz CT molecular complexity index is 584. The summed E-state index contributed by atoms with van der Waals surface area (Å²) in [6.45, 7) is 0. The summed E-state index contributed by atoms with van der Waals surface area (Å²) in [6, 6.07) is 5.07. The van der Waals surface area contributed by atoms with E-state index in [-0.39, 0.29) is 13.8 Å². The summed E-state index contributed by atoms with van der Waals surface area (Å²) in [7, 11) is -4.34. The fourth-order valence-corrected chi connectivity index (χ4v) is 4.96. The number of hydrogen-bond acceptors (Lipinski definition) is 3. The number of sulfonamides is 1. The van der Waals surface area contributed by atoms with E-state index in [2.05, 4.69) is 0 Å². The number of fused-ring (bicyclic) bond motifs is 1. The third-order valence-electron chi connectivity index (χ3n) is 1.97. The minimum atomic E-state index is -4.70. The van der Waals surface area contributed by atoms with Crippen molar-refractivity contribution in [3.8, 4) is 0 Å². The van der Waals surface area contributed by atoms with Gasteiger partial charge in [-0.15, -0.1) is 0 Å². The normalized spacial score (nSPS) is 18.3. The van der Waals surface area contributed by atoms with Crippen molar-refractivity contribution in [1.82, 2.24) is 3.32 Å². The van der Waals surface area contributed by atoms with Crippen molar-refractivity contribution in [3.63, 3.8) is 0 Å². The number of rotatable bonds is 1. The molecular weight excluding hydrogens is 326 g/mol. The van der Waals surface area contributed by atoms with Gasteiger partial charge < -0.3 is 0 Å². The molecule has 0 atom stereocenters. The van der Waals surface area contributed by atoms with Gasteiger partial charge in [-0.2, -0.15) is 0 Å². The summed E-state index contributed by atoms with van der Waals surface area (Å²) in [5.74, 6) is -1.11. The van der Waals surface area contributed by atoms with E-state index in [4.69, 9.17) is 0 Å². The summed E-state index contributed by atoms with van der Waals surface area (Å²) in [6.07, 6.45) is 0. The van der Waals surface area contributed by atoms with Gasteiger partial charge in [0.1, 0.15) is 0 Å². The van der Waals surface area contributed by atoms with Crippen molar-refractivity contribution in [1.29, 1.82) is 0 Å². The summed E-state index contributed by atoms with van der Waals surface area (Å²) in [5, 5.41) is -4.70. The van der Waals surface area contributed by atoms with Crippen molar-refractivity contribution in [2.75, 3.05) is 0 Å². The minimum absolute atomic E-state index is 0.0926. The fraction of sp³-hybridized carbons (Fsp3) is 0.125. The van der Waals surface area contributed by atoms with Crippen LogP contribution in [0.1, 0.15) is 10.4 Å². The average Bonchev–Trinajstić information content (AvgIpc) is 2.39. The molecule has 9 heteroatoms. The van der Waals surface area contributed by atoms with Crippen LogP contribution >= 0.6 is 0 Å². The summed E-state index contributed by atoms with van der Waals surface area (Å²) in [5.41, 5.74) is -0.210. The Morgan fingerprint density at radius 2 is 1.76 bits per heavy atom. The Morgan fingerprint density at radius 3 is 2.29 bits per heavy atom. The van der Waals surface area contributed by atoms with Gasteiger partial charge in [0.2, 0.25) is 0 Å². The van der Waals surface area contributed by atoms with Crippen LogP contribution in [0.15, 0.2) is 29.2 Å². The molecule has 92 valence electrons. The number of alkyl halides is 3. The first-order valence-corrected chi connectivity index (χ1v) is 7.24. The zero-order valence-electron chi connectivity index (χ0n) is 7.93. The molecule has 0 bridgehead atoms. The molecule has 1 aromatic rings. The van der Waals surface area contributed by atoms with E-state index in [0.717, 1.165) is 6.07 Å². The third-order valence-corrected chi connectivity index (χ3v) is 6.23. The van der Waals surface area contributed by atoms with E-state index in [1.807, 2.05) is 0 Å². The molecule has 2 rings (SSSR count). The zero-order valence-corrected chi connectivity index (χ0v) is 10.5. The number of carbonyl (C=O) groups excluding carboxylic acids is 1. The van der Waals surface area contributed by atoms with Gasteiger partial charge in [-0.1, -0.05) is 0 Å². The predicted octanol–water partition coefficient (Wildman–Crippen LogP) is 0.970. The van der Waals surface area contributed by atoms with E-state index in [9.17, 15) is 26.4 Å². The van der Waals surface area contributed by atoms with Crippen molar-refractivity contribution in [3.05, 3.63) is 29.8 Å². The predicted molar refractivity (Wildman–Crippen MR) is 51.6 cm³/mol. The van der Waals surface area contributed by atoms with Crippen LogP contribution in [-0.4, -0.2) is 37.9 Å². The molecule has 0 fully saturated rings. The van der Waals surface area contributed by atoms with Crippen molar-refractivity contribution in [2.24, 2.45) is 0 Å². The molecule has 0 radical (unpaired) electrons. The van der Waals surface area contributed by atoms with E-state index in [1.165, 1.54) is 18.2 Å². The first-order chi connectivity index (χ1) is 7.73. The molecule has 4 nitrogen and oxygen atoms in total. The molecule has 0 aromatic heterocycles. The summed E-state index contributed by atoms with van der Waals surface area (Å²) >= 11 is -2.43. The van der Waals surface area contributed by atoms with Crippen LogP contribution in [0, 0.1) is 0 Å². The molecule has 0 N–H and O–H groups in total. The van der Waals surface area contributed by atoms with Gasteiger partial charge >= 0.3 is 101 Å². The van der Waals surface area contributed by atoms with E-state index < -0.39 is 36.2 Å². The van der Waals surface area contributed by atoms with Crippen LogP contribution in [0.25, 0.3) is 0 Å². The van der Waals surface area contributed by atoms with Crippen LogP contribution < -0.4 is 0 Å². The van der Waals surface area contributed by atoms with Crippen LogP contribution in [-0.2, 0) is 10.0 Å². The summed E-state index contributed by atoms with van der Waals surface area (Å²) < 4.78 is 59.9. The maximum atomic E-state index is 12.2. The van der Waals surface area contributed by atoms with Gasteiger partial charge in [-0.3, -0.25) is 0 Å². The monoisotopic (exact) mass is 331 g/mol. The fourth-order valence-electron chi connectivity index (χ4n) is 1.35. The van der Waals surface area contributed by atoms with Crippen LogP contribution in [0.3, 0.4) is 0 Å². The Labute approximate surface area is 101 Å². The van der Waals surface area contributed by atoms with E-state index in [1.54, 1.807) is 0 Å². The average molecular weight is 330 g/mol.